The molecule has 0 saturated heterocycles. The van der Waals surface area contributed by atoms with Gasteiger partial charge in [-0.3, -0.25) is 14.9 Å². The van der Waals surface area contributed by atoms with Crippen molar-refractivity contribution < 1.29 is 9.72 Å². The Kier molecular flexibility index (Phi) is 5.06. The van der Waals surface area contributed by atoms with Gasteiger partial charge >= 0.3 is 5.69 Å². The van der Waals surface area contributed by atoms with Crippen LogP contribution in [-0.2, 0) is 11.3 Å². The zero-order chi connectivity index (χ0) is 15.4. The van der Waals surface area contributed by atoms with Crippen LogP contribution in [0.4, 0.5) is 11.5 Å². The second kappa shape index (κ2) is 6.36. The number of nitrogens with zero attached hydrogens (tertiary/aromatic N) is 3. The number of carbonyl (C=O) groups is 1. The van der Waals surface area contributed by atoms with Gasteiger partial charge in [0.05, 0.1) is 4.92 Å². The second-order valence-electron chi connectivity index (χ2n) is 4.88. The molecule has 8 nitrogen and oxygen atoms in total. The van der Waals surface area contributed by atoms with Crippen LogP contribution < -0.4 is 10.6 Å². The number of nitrogens with one attached hydrogen (secondary N) is 2. The van der Waals surface area contributed by atoms with Crippen molar-refractivity contribution in [2.75, 3.05) is 5.32 Å². The van der Waals surface area contributed by atoms with Crippen LogP contribution in [0.25, 0.3) is 0 Å². The Morgan fingerprint density at radius 3 is 2.50 bits per heavy atom. The highest BCUT2D eigenvalue weighted by Gasteiger charge is 2.27. The summed E-state index contributed by atoms with van der Waals surface area (Å²) in [6, 6.07) is -0.572. The summed E-state index contributed by atoms with van der Waals surface area (Å²) in [6.07, 6.45) is 0. The van der Waals surface area contributed by atoms with Crippen LogP contribution in [0.2, 0.25) is 0 Å². The number of aromatic nitrogens is 2. The van der Waals surface area contributed by atoms with Gasteiger partial charge in [-0.05, 0) is 34.6 Å². The van der Waals surface area contributed by atoms with Crippen LogP contribution in [0, 0.1) is 17.0 Å². The van der Waals surface area contributed by atoms with Crippen molar-refractivity contribution in [3.63, 3.8) is 0 Å². The molecule has 0 aliphatic carbocycles. The van der Waals surface area contributed by atoms with Crippen molar-refractivity contribution >= 4 is 17.4 Å². The molecule has 0 aliphatic rings. The number of aryl methyl sites for hydroxylation is 2. The van der Waals surface area contributed by atoms with Crippen LogP contribution in [0.5, 0.6) is 0 Å². The first-order valence-electron chi connectivity index (χ1n) is 6.56. The first-order valence-corrected chi connectivity index (χ1v) is 6.56. The van der Waals surface area contributed by atoms with E-state index in [1.807, 2.05) is 20.8 Å². The number of hydrogen-bond acceptors (Lipinski definition) is 5. The number of hydrogen-bond donors (Lipinski definition) is 2. The van der Waals surface area contributed by atoms with E-state index in [1.165, 1.54) is 4.68 Å². The predicted octanol–water partition coefficient (Wildman–Crippen LogP) is 1.44. The summed E-state index contributed by atoms with van der Waals surface area (Å²) >= 11 is 0. The maximum Gasteiger partial charge on any atom is 0.333 e. The fraction of sp³-hybridized carbons (Fsp3) is 0.667. The summed E-state index contributed by atoms with van der Waals surface area (Å²) in [5.74, 6) is 0.0530. The Morgan fingerprint density at radius 2 is 2.05 bits per heavy atom. The maximum absolute atomic E-state index is 11.9. The summed E-state index contributed by atoms with van der Waals surface area (Å²) in [6.45, 7) is 9.26. The van der Waals surface area contributed by atoms with E-state index >= 15 is 0 Å². The molecule has 1 rings (SSSR count). The molecule has 0 aliphatic heterocycles. The molecule has 20 heavy (non-hydrogen) atoms. The standard InChI is InChI=1S/C12H21N5O3/c1-6-16-11(10(17(19)20)8(4)15-16)14-9(5)12(18)13-7(2)3/h7,9,14H,6H2,1-5H3,(H,13,18). The molecule has 1 aromatic heterocycles. The van der Waals surface area contributed by atoms with Crippen molar-refractivity contribution in [1.29, 1.82) is 0 Å². The molecule has 0 spiro atoms. The fourth-order valence-corrected chi connectivity index (χ4v) is 1.84. The van der Waals surface area contributed by atoms with Crippen molar-refractivity contribution in [3.8, 4) is 0 Å². The van der Waals surface area contributed by atoms with E-state index in [2.05, 4.69) is 15.7 Å². The van der Waals surface area contributed by atoms with Crippen molar-refractivity contribution in [1.82, 2.24) is 15.1 Å². The first kappa shape index (κ1) is 15.9. The lowest BCUT2D eigenvalue weighted by Gasteiger charge is -2.17. The lowest BCUT2D eigenvalue weighted by molar-refractivity contribution is -0.384. The maximum atomic E-state index is 11.9. The van der Waals surface area contributed by atoms with Crippen LogP contribution in [-0.4, -0.2) is 32.7 Å². The number of nitro groups is 1. The SMILES string of the molecule is CCn1nc(C)c([N+](=O)[O-])c1NC(C)C(=O)NC(C)C. The molecule has 2 N–H and O–H groups in total. The summed E-state index contributed by atoms with van der Waals surface area (Å²) in [5.41, 5.74) is 0.242. The molecular formula is C12H21N5O3. The van der Waals surface area contributed by atoms with Gasteiger partial charge in [-0.1, -0.05) is 0 Å². The zero-order valence-corrected chi connectivity index (χ0v) is 12.4. The molecule has 0 aromatic carbocycles. The Balaban J connectivity index is 3.01. The van der Waals surface area contributed by atoms with E-state index in [0.29, 0.717) is 12.2 Å². The Bertz CT molecular complexity index is 509. The van der Waals surface area contributed by atoms with Crippen LogP contribution in [0.1, 0.15) is 33.4 Å². The highest BCUT2D eigenvalue weighted by atomic mass is 16.6. The fourth-order valence-electron chi connectivity index (χ4n) is 1.84. The van der Waals surface area contributed by atoms with Gasteiger partial charge in [0.1, 0.15) is 11.7 Å². The van der Waals surface area contributed by atoms with E-state index in [1.54, 1.807) is 13.8 Å². The lowest BCUT2D eigenvalue weighted by Crippen LogP contribution is -2.41. The second-order valence-corrected chi connectivity index (χ2v) is 4.88. The summed E-state index contributed by atoms with van der Waals surface area (Å²) in [5, 5.41) is 20.9. The summed E-state index contributed by atoms with van der Waals surface area (Å²) in [7, 11) is 0. The van der Waals surface area contributed by atoms with Crippen molar-refractivity contribution in [3.05, 3.63) is 15.8 Å². The predicted molar refractivity (Wildman–Crippen MR) is 75.7 cm³/mol. The number of anilines is 1. The summed E-state index contributed by atoms with van der Waals surface area (Å²) < 4.78 is 1.49. The third kappa shape index (κ3) is 3.46. The van der Waals surface area contributed by atoms with E-state index < -0.39 is 11.0 Å². The van der Waals surface area contributed by atoms with Crippen LogP contribution >= 0.6 is 0 Å². The molecular weight excluding hydrogens is 262 g/mol. The van der Waals surface area contributed by atoms with Gasteiger partial charge in [0.2, 0.25) is 11.7 Å². The summed E-state index contributed by atoms with van der Waals surface area (Å²) in [4.78, 5) is 22.5. The van der Waals surface area contributed by atoms with Gasteiger partial charge in [0.25, 0.3) is 0 Å². The zero-order valence-electron chi connectivity index (χ0n) is 12.4. The van der Waals surface area contributed by atoms with Crippen molar-refractivity contribution in [2.45, 2.75) is 53.2 Å². The van der Waals surface area contributed by atoms with Gasteiger partial charge in [-0.25, -0.2) is 4.68 Å². The Hall–Kier alpha value is -2.12. The number of amides is 1. The minimum atomic E-state index is -0.586. The van der Waals surface area contributed by atoms with Gasteiger partial charge in [-0.15, -0.1) is 0 Å². The van der Waals surface area contributed by atoms with Gasteiger partial charge in [0, 0.05) is 12.6 Å². The third-order valence-electron chi connectivity index (χ3n) is 2.76. The molecule has 1 aromatic rings. The minimum Gasteiger partial charge on any atom is -0.353 e. The molecule has 1 heterocycles. The third-order valence-corrected chi connectivity index (χ3v) is 2.76. The Labute approximate surface area is 117 Å². The normalized spacial score (nSPS) is 12.3. The van der Waals surface area contributed by atoms with Gasteiger partial charge in [0.15, 0.2) is 0 Å². The van der Waals surface area contributed by atoms with E-state index in [4.69, 9.17) is 0 Å². The molecule has 112 valence electrons. The van der Waals surface area contributed by atoms with Gasteiger partial charge in [-0.2, -0.15) is 5.10 Å². The highest BCUT2D eigenvalue weighted by molar-refractivity contribution is 5.84. The van der Waals surface area contributed by atoms with Crippen molar-refractivity contribution in [2.24, 2.45) is 0 Å². The van der Waals surface area contributed by atoms with E-state index in [0.717, 1.165) is 0 Å². The lowest BCUT2D eigenvalue weighted by atomic mass is 10.2. The first-order chi connectivity index (χ1) is 9.27. The van der Waals surface area contributed by atoms with Crippen LogP contribution in [0.3, 0.4) is 0 Å². The molecule has 8 heteroatoms. The molecule has 1 unspecified atom stereocenters. The largest absolute Gasteiger partial charge is 0.353 e. The topological polar surface area (TPSA) is 102 Å². The average Bonchev–Trinajstić information content (AvgIpc) is 2.64. The van der Waals surface area contributed by atoms with Crippen LogP contribution in [0.15, 0.2) is 0 Å². The smallest absolute Gasteiger partial charge is 0.333 e. The Morgan fingerprint density at radius 1 is 1.45 bits per heavy atom. The van der Waals surface area contributed by atoms with Gasteiger partial charge < -0.3 is 10.6 Å². The highest BCUT2D eigenvalue weighted by Crippen LogP contribution is 2.28. The molecule has 1 amide bonds. The average molecular weight is 283 g/mol. The molecule has 0 bridgehead atoms. The molecule has 0 saturated carbocycles. The molecule has 0 radical (unpaired) electrons. The molecule has 1 atom stereocenters. The quantitative estimate of drug-likeness (QED) is 0.607. The molecule has 0 fully saturated rings. The van der Waals surface area contributed by atoms with E-state index in [-0.39, 0.29) is 23.5 Å². The van der Waals surface area contributed by atoms with E-state index in [9.17, 15) is 14.9 Å². The number of carbonyl (C=O) groups excluding carboxylic acids is 1. The number of rotatable bonds is 6. The monoisotopic (exact) mass is 283 g/mol. The minimum absolute atomic E-state index is 0.0135.